The highest BCUT2D eigenvalue weighted by molar-refractivity contribution is 5.77. The van der Waals surface area contributed by atoms with Gasteiger partial charge in [0.2, 0.25) is 0 Å². The van der Waals surface area contributed by atoms with Crippen LogP contribution in [0.25, 0.3) is 0 Å². The average molecular weight is 209 g/mol. The highest BCUT2D eigenvalue weighted by atomic mass is 16.5. The van der Waals surface area contributed by atoms with E-state index in [0.29, 0.717) is 12.3 Å². The van der Waals surface area contributed by atoms with Gasteiger partial charge in [0, 0.05) is 18.8 Å². The fourth-order valence-electron chi connectivity index (χ4n) is 0.907. The van der Waals surface area contributed by atoms with Crippen LogP contribution in [0.3, 0.4) is 0 Å². The minimum atomic E-state index is -0.184. The Bertz CT molecular complexity index is 301. The molecule has 0 aliphatic heterocycles. The molecule has 0 aromatic carbocycles. The van der Waals surface area contributed by atoms with Crippen molar-refractivity contribution in [2.24, 2.45) is 5.73 Å². The maximum absolute atomic E-state index is 11.2. The van der Waals surface area contributed by atoms with Crippen molar-refractivity contribution in [3.8, 4) is 5.75 Å². The smallest absolute Gasteiger partial charge is 0.257 e. The highest BCUT2D eigenvalue weighted by Gasteiger charge is 2.02. The van der Waals surface area contributed by atoms with Gasteiger partial charge in [0.05, 0.1) is 6.20 Å². The zero-order valence-corrected chi connectivity index (χ0v) is 8.64. The predicted molar refractivity (Wildman–Crippen MR) is 56.4 cm³/mol. The second kappa shape index (κ2) is 5.98. The third-order valence-electron chi connectivity index (χ3n) is 1.63. The fraction of sp³-hybridized carbons (Fsp3) is 0.400. The number of pyridine rings is 1. The van der Waals surface area contributed by atoms with E-state index in [0.717, 1.165) is 0 Å². The molecule has 0 radical (unpaired) electrons. The summed E-state index contributed by atoms with van der Waals surface area (Å²) in [5.41, 5.74) is 5.48. The number of nitrogens with zero attached hydrogens (tertiary/aromatic N) is 1. The normalized spacial score (nSPS) is 11.9. The Morgan fingerprint density at radius 3 is 3.13 bits per heavy atom. The highest BCUT2D eigenvalue weighted by Crippen LogP contribution is 2.04. The molecule has 0 aliphatic rings. The van der Waals surface area contributed by atoms with E-state index in [4.69, 9.17) is 10.5 Å². The fourth-order valence-corrected chi connectivity index (χ4v) is 0.907. The van der Waals surface area contributed by atoms with E-state index >= 15 is 0 Å². The van der Waals surface area contributed by atoms with Gasteiger partial charge in [-0.1, -0.05) is 0 Å². The third-order valence-corrected chi connectivity index (χ3v) is 1.63. The van der Waals surface area contributed by atoms with Gasteiger partial charge < -0.3 is 15.8 Å². The van der Waals surface area contributed by atoms with Crippen LogP contribution >= 0.6 is 0 Å². The van der Waals surface area contributed by atoms with Crippen LogP contribution in [-0.4, -0.2) is 30.1 Å². The summed E-state index contributed by atoms with van der Waals surface area (Å²) in [4.78, 5) is 15.1. The number of hydrogen-bond acceptors (Lipinski definition) is 4. The second-order valence-corrected chi connectivity index (χ2v) is 3.26. The van der Waals surface area contributed by atoms with E-state index in [1.807, 2.05) is 6.92 Å². The van der Waals surface area contributed by atoms with Crippen molar-refractivity contribution in [3.05, 3.63) is 24.5 Å². The Morgan fingerprint density at radius 2 is 2.53 bits per heavy atom. The molecule has 0 saturated carbocycles. The Kier molecular flexibility index (Phi) is 4.56. The quantitative estimate of drug-likeness (QED) is 0.711. The maximum Gasteiger partial charge on any atom is 0.257 e. The van der Waals surface area contributed by atoms with Crippen LogP contribution in [0.1, 0.15) is 6.92 Å². The number of amides is 1. The van der Waals surface area contributed by atoms with Crippen LogP contribution in [0.2, 0.25) is 0 Å². The first-order valence-corrected chi connectivity index (χ1v) is 4.73. The lowest BCUT2D eigenvalue weighted by Crippen LogP contribution is -2.37. The molecule has 3 N–H and O–H groups in total. The zero-order valence-electron chi connectivity index (χ0n) is 8.64. The molecular weight excluding hydrogens is 194 g/mol. The summed E-state index contributed by atoms with van der Waals surface area (Å²) < 4.78 is 5.18. The Balaban J connectivity index is 2.23. The molecular formula is C10H15N3O2. The molecule has 0 aliphatic carbocycles. The van der Waals surface area contributed by atoms with Crippen molar-refractivity contribution >= 4 is 5.91 Å². The molecule has 1 amide bonds. The van der Waals surface area contributed by atoms with Crippen LogP contribution < -0.4 is 15.8 Å². The molecule has 1 unspecified atom stereocenters. The predicted octanol–water partition coefficient (Wildman–Crippen LogP) is -0.0762. The summed E-state index contributed by atoms with van der Waals surface area (Å²) in [5, 5.41) is 2.64. The largest absolute Gasteiger partial charge is 0.482 e. The molecule has 1 aromatic heterocycles. The molecule has 0 fully saturated rings. The van der Waals surface area contributed by atoms with E-state index < -0.39 is 0 Å². The van der Waals surface area contributed by atoms with Crippen LogP contribution in [0.5, 0.6) is 5.75 Å². The minimum Gasteiger partial charge on any atom is -0.482 e. The van der Waals surface area contributed by atoms with Crippen molar-refractivity contribution in [2.75, 3.05) is 13.2 Å². The van der Waals surface area contributed by atoms with Gasteiger partial charge in [0.15, 0.2) is 6.61 Å². The van der Waals surface area contributed by atoms with Gasteiger partial charge in [-0.15, -0.1) is 0 Å². The number of carbonyl (C=O) groups excluding carboxylic acids is 1. The number of rotatable bonds is 5. The van der Waals surface area contributed by atoms with Gasteiger partial charge in [-0.25, -0.2) is 0 Å². The average Bonchev–Trinajstić information content (AvgIpc) is 2.25. The molecule has 1 rings (SSSR count). The van der Waals surface area contributed by atoms with Gasteiger partial charge >= 0.3 is 0 Å². The van der Waals surface area contributed by atoms with Crippen molar-refractivity contribution < 1.29 is 9.53 Å². The number of carbonyl (C=O) groups is 1. The summed E-state index contributed by atoms with van der Waals surface area (Å²) in [7, 11) is 0. The number of hydrogen-bond donors (Lipinski definition) is 2. The summed E-state index contributed by atoms with van der Waals surface area (Å²) in [6.45, 7) is 2.26. The molecule has 15 heavy (non-hydrogen) atoms. The molecule has 0 bridgehead atoms. The Hall–Kier alpha value is -1.62. The Labute approximate surface area is 88.6 Å². The SMILES string of the molecule is CC(N)CNC(=O)COc1cccnc1. The molecule has 1 atom stereocenters. The van der Waals surface area contributed by atoms with E-state index in [2.05, 4.69) is 10.3 Å². The molecule has 5 nitrogen and oxygen atoms in total. The van der Waals surface area contributed by atoms with E-state index in [9.17, 15) is 4.79 Å². The van der Waals surface area contributed by atoms with E-state index in [1.165, 1.54) is 0 Å². The van der Waals surface area contributed by atoms with E-state index in [-0.39, 0.29) is 18.6 Å². The summed E-state index contributed by atoms with van der Waals surface area (Å²) >= 11 is 0. The number of nitrogens with two attached hydrogens (primary N) is 1. The second-order valence-electron chi connectivity index (χ2n) is 3.26. The number of nitrogens with one attached hydrogen (secondary N) is 1. The van der Waals surface area contributed by atoms with Gasteiger partial charge in [-0.2, -0.15) is 0 Å². The van der Waals surface area contributed by atoms with Gasteiger partial charge in [-0.3, -0.25) is 9.78 Å². The first-order chi connectivity index (χ1) is 7.18. The standard InChI is InChI=1S/C10H15N3O2/c1-8(11)5-13-10(14)7-15-9-3-2-4-12-6-9/h2-4,6,8H,5,7,11H2,1H3,(H,13,14). The van der Waals surface area contributed by atoms with Gasteiger partial charge in [0.25, 0.3) is 5.91 Å². The van der Waals surface area contributed by atoms with Crippen molar-refractivity contribution in [1.29, 1.82) is 0 Å². The molecule has 1 heterocycles. The number of ether oxygens (including phenoxy) is 1. The topological polar surface area (TPSA) is 77.2 Å². The first kappa shape index (κ1) is 11.5. The Morgan fingerprint density at radius 1 is 1.73 bits per heavy atom. The van der Waals surface area contributed by atoms with E-state index in [1.54, 1.807) is 24.5 Å². The number of aromatic nitrogens is 1. The van der Waals surface area contributed by atoms with Gasteiger partial charge in [0.1, 0.15) is 5.75 Å². The van der Waals surface area contributed by atoms with Crippen molar-refractivity contribution in [3.63, 3.8) is 0 Å². The van der Waals surface area contributed by atoms with Crippen molar-refractivity contribution in [1.82, 2.24) is 10.3 Å². The lowest BCUT2D eigenvalue weighted by Gasteiger charge is -2.08. The van der Waals surface area contributed by atoms with Crippen LogP contribution in [0.4, 0.5) is 0 Å². The lowest BCUT2D eigenvalue weighted by molar-refractivity contribution is -0.123. The van der Waals surface area contributed by atoms with Crippen LogP contribution in [-0.2, 0) is 4.79 Å². The first-order valence-electron chi connectivity index (χ1n) is 4.73. The molecule has 0 spiro atoms. The zero-order chi connectivity index (χ0) is 11.1. The minimum absolute atomic E-state index is 0.0155. The lowest BCUT2D eigenvalue weighted by atomic mass is 10.3. The van der Waals surface area contributed by atoms with Gasteiger partial charge in [-0.05, 0) is 19.1 Å². The summed E-state index contributed by atoms with van der Waals surface area (Å²) in [6.07, 6.45) is 3.20. The summed E-state index contributed by atoms with van der Waals surface area (Å²) in [6, 6.07) is 3.44. The molecule has 0 saturated heterocycles. The maximum atomic E-state index is 11.2. The van der Waals surface area contributed by atoms with Crippen LogP contribution in [0.15, 0.2) is 24.5 Å². The monoisotopic (exact) mass is 209 g/mol. The third kappa shape index (κ3) is 4.97. The van der Waals surface area contributed by atoms with Crippen molar-refractivity contribution in [2.45, 2.75) is 13.0 Å². The summed E-state index contributed by atoms with van der Waals surface area (Å²) in [5.74, 6) is 0.393. The molecule has 82 valence electrons. The molecule has 1 aromatic rings. The molecule has 5 heteroatoms. The van der Waals surface area contributed by atoms with Crippen LogP contribution in [0, 0.1) is 0 Å².